The van der Waals surface area contributed by atoms with Gasteiger partial charge in [0.25, 0.3) is 0 Å². The molecule has 0 spiro atoms. The Hall–Kier alpha value is -1.66. The highest BCUT2D eigenvalue weighted by Crippen LogP contribution is 2.35. The largest absolute Gasteiger partial charge is 0.493 e. The van der Waals surface area contributed by atoms with Crippen molar-refractivity contribution in [2.75, 3.05) is 20.2 Å². The lowest BCUT2D eigenvalue weighted by Gasteiger charge is -2.29. The van der Waals surface area contributed by atoms with Crippen molar-refractivity contribution in [3.05, 3.63) is 57.8 Å². The molecule has 0 amide bonds. The van der Waals surface area contributed by atoms with Crippen LogP contribution in [0.15, 0.2) is 40.9 Å². The van der Waals surface area contributed by atoms with Gasteiger partial charge >= 0.3 is 0 Å². The van der Waals surface area contributed by atoms with E-state index in [0.717, 1.165) is 33.7 Å². The van der Waals surface area contributed by atoms with Crippen molar-refractivity contribution in [2.24, 2.45) is 0 Å². The first-order valence-corrected chi connectivity index (χ1v) is 9.82. The van der Waals surface area contributed by atoms with E-state index in [1.54, 1.807) is 19.2 Å². The molecule has 1 aliphatic heterocycles. The zero-order chi connectivity index (χ0) is 18.5. The number of hydrogen-bond acceptors (Lipinski definition) is 3. The van der Waals surface area contributed by atoms with Gasteiger partial charge in [0.1, 0.15) is 17.4 Å². The molecular weight excluding hydrogens is 417 g/mol. The van der Waals surface area contributed by atoms with Crippen LogP contribution in [0.3, 0.4) is 0 Å². The molecule has 0 unspecified atom stereocenters. The van der Waals surface area contributed by atoms with Crippen LogP contribution in [0.4, 0.5) is 4.39 Å². The number of halogens is 2. The van der Waals surface area contributed by atoms with E-state index >= 15 is 0 Å². The molecule has 0 atom stereocenters. The standard InChI is InChI=1S/C20H21BrFNO2S/c1-24-18-11-16(20(26)23-9-3-2-4-10-23)17(21)12-19(18)25-13-14-5-7-15(22)8-6-14/h5-8,11-12H,2-4,9-10,13H2,1H3. The average molecular weight is 438 g/mol. The van der Waals surface area contributed by atoms with Gasteiger partial charge in [0, 0.05) is 23.1 Å². The molecule has 0 bridgehead atoms. The van der Waals surface area contributed by atoms with E-state index in [2.05, 4.69) is 20.8 Å². The third-order valence-corrected chi connectivity index (χ3v) is 5.57. The third kappa shape index (κ3) is 4.54. The van der Waals surface area contributed by atoms with Gasteiger partial charge in [0.15, 0.2) is 11.5 Å². The number of methoxy groups -OCH3 is 1. The quantitative estimate of drug-likeness (QED) is 0.588. The fraction of sp³-hybridized carbons (Fsp3) is 0.350. The van der Waals surface area contributed by atoms with Crippen molar-refractivity contribution in [2.45, 2.75) is 25.9 Å². The molecule has 2 aromatic rings. The van der Waals surface area contributed by atoms with Crippen LogP contribution in [0.25, 0.3) is 0 Å². The van der Waals surface area contributed by atoms with Crippen molar-refractivity contribution in [1.82, 2.24) is 4.90 Å². The number of nitrogens with zero attached hydrogens (tertiary/aromatic N) is 1. The highest BCUT2D eigenvalue weighted by molar-refractivity contribution is 9.10. The molecule has 0 N–H and O–H groups in total. The number of benzene rings is 2. The predicted octanol–water partition coefficient (Wildman–Crippen LogP) is 5.34. The molecule has 3 nitrogen and oxygen atoms in total. The maximum Gasteiger partial charge on any atom is 0.162 e. The van der Waals surface area contributed by atoms with Crippen LogP contribution in [0.1, 0.15) is 30.4 Å². The molecular formula is C20H21BrFNO2S. The number of piperidine rings is 1. The fourth-order valence-electron chi connectivity index (χ4n) is 2.98. The van der Waals surface area contributed by atoms with E-state index in [9.17, 15) is 4.39 Å². The van der Waals surface area contributed by atoms with Crippen LogP contribution in [0.2, 0.25) is 0 Å². The van der Waals surface area contributed by atoms with Crippen molar-refractivity contribution in [3.8, 4) is 11.5 Å². The number of ether oxygens (including phenoxy) is 2. The zero-order valence-corrected chi connectivity index (χ0v) is 17.0. The van der Waals surface area contributed by atoms with Crippen LogP contribution in [0, 0.1) is 5.82 Å². The van der Waals surface area contributed by atoms with Gasteiger partial charge in [0.2, 0.25) is 0 Å². The molecule has 6 heteroatoms. The Balaban J connectivity index is 1.77. The van der Waals surface area contributed by atoms with E-state index in [0.29, 0.717) is 18.1 Å². The predicted molar refractivity (Wildman–Crippen MR) is 109 cm³/mol. The molecule has 0 aliphatic carbocycles. The maximum atomic E-state index is 13.0. The van der Waals surface area contributed by atoms with Gasteiger partial charge in [-0.2, -0.15) is 0 Å². The second-order valence-corrected chi connectivity index (χ2v) is 7.49. The molecule has 1 aliphatic rings. The first-order chi connectivity index (χ1) is 12.6. The van der Waals surface area contributed by atoms with E-state index in [1.165, 1.54) is 31.4 Å². The first kappa shape index (κ1) is 19.1. The van der Waals surface area contributed by atoms with Gasteiger partial charge in [-0.25, -0.2) is 4.39 Å². The minimum Gasteiger partial charge on any atom is -0.493 e. The Morgan fingerprint density at radius 3 is 2.46 bits per heavy atom. The second-order valence-electron chi connectivity index (χ2n) is 6.25. The summed E-state index contributed by atoms with van der Waals surface area (Å²) in [6.45, 7) is 2.33. The van der Waals surface area contributed by atoms with E-state index in [1.807, 2.05) is 12.1 Å². The topological polar surface area (TPSA) is 21.7 Å². The maximum absolute atomic E-state index is 13.0. The summed E-state index contributed by atoms with van der Waals surface area (Å²) >= 11 is 9.31. The SMILES string of the molecule is COc1cc(C(=S)N2CCCCC2)c(Br)cc1OCc1ccc(F)cc1. The second kappa shape index (κ2) is 8.82. The molecule has 0 saturated carbocycles. The van der Waals surface area contributed by atoms with Gasteiger partial charge in [-0.1, -0.05) is 24.4 Å². The van der Waals surface area contributed by atoms with Gasteiger partial charge in [-0.3, -0.25) is 0 Å². The molecule has 0 aromatic heterocycles. The van der Waals surface area contributed by atoms with Gasteiger partial charge in [0.05, 0.1) is 7.11 Å². The molecule has 26 heavy (non-hydrogen) atoms. The number of rotatable bonds is 5. The Bertz CT molecular complexity index is 776. The van der Waals surface area contributed by atoms with Gasteiger partial charge in [-0.15, -0.1) is 0 Å². The van der Waals surface area contributed by atoms with Crippen LogP contribution >= 0.6 is 28.1 Å². The summed E-state index contributed by atoms with van der Waals surface area (Å²) in [4.78, 5) is 3.08. The number of likely N-dealkylation sites (tertiary alicyclic amines) is 1. The first-order valence-electron chi connectivity index (χ1n) is 8.62. The van der Waals surface area contributed by atoms with E-state index in [-0.39, 0.29) is 5.82 Å². The molecule has 0 radical (unpaired) electrons. The van der Waals surface area contributed by atoms with Gasteiger partial charge in [-0.05, 0) is 65.0 Å². The molecule has 1 heterocycles. The van der Waals surface area contributed by atoms with Crippen molar-refractivity contribution in [3.63, 3.8) is 0 Å². The Morgan fingerprint density at radius 1 is 1.12 bits per heavy atom. The highest BCUT2D eigenvalue weighted by atomic mass is 79.9. The Labute approximate surface area is 167 Å². The minimum absolute atomic E-state index is 0.260. The molecule has 1 fully saturated rings. The van der Waals surface area contributed by atoms with Crippen molar-refractivity contribution >= 4 is 33.1 Å². The summed E-state index contributed by atoms with van der Waals surface area (Å²) in [7, 11) is 1.61. The summed E-state index contributed by atoms with van der Waals surface area (Å²) in [5.41, 5.74) is 1.82. The normalized spacial score (nSPS) is 14.2. The number of hydrogen-bond donors (Lipinski definition) is 0. The lowest BCUT2D eigenvalue weighted by atomic mass is 10.1. The molecule has 3 rings (SSSR count). The van der Waals surface area contributed by atoms with E-state index < -0.39 is 0 Å². The highest BCUT2D eigenvalue weighted by Gasteiger charge is 2.19. The van der Waals surface area contributed by atoms with Gasteiger partial charge < -0.3 is 14.4 Å². The lowest BCUT2D eigenvalue weighted by molar-refractivity contribution is 0.284. The Kier molecular flexibility index (Phi) is 6.48. The summed E-state index contributed by atoms with van der Waals surface area (Å²) in [5, 5.41) is 0. The smallest absolute Gasteiger partial charge is 0.162 e. The van der Waals surface area contributed by atoms with Crippen LogP contribution in [-0.4, -0.2) is 30.1 Å². The summed E-state index contributed by atoms with van der Waals surface area (Å²) in [6, 6.07) is 10.1. The summed E-state index contributed by atoms with van der Waals surface area (Å²) in [5.74, 6) is 0.989. The molecule has 1 saturated heterocycles. The van der Waals surface area contributed by atoms with Crippen molar-refractivity contribution in [1.29, 1.82) is 0 Å². The van der Waals surface area contributed by atoms with Crippen molar-refractivity contribution < 1.29 is 13.9 Å². The molecule has 138 valence electrons. The van der Waals surface area contributed by atoms with Crippen LogP contribution in [0.5, 0.6) is 11.5 Å². The summed E-state index contributed by atoms with van der Waals surface area (Å²) < 4.78 is 25.3. The van der Waals surface area contributed by atoms with Crippen LogP contribution in [-0.2, 0) is 6.61 Å². The third-order valence-electron chi connectivity index (χ3n) is 4.43. The summed E-state index contributed by atoms with van der Waals surface area (Å²) in [6.07, 6.45) is 3.61. The number of thiocarbonyl (C=S) groups is 1. The molecule has 2 aromatic carbocycles. The van der Waals surface area contributed by atoms with E-state index in [4.69, 9.17) is 21.7 Å². The monoisotopic (exact) mass is 437 g/mol. The minimum atomic E-state index is -0.260. The fourth-order valence-corrected chi connectivity index (χ4v) is 3.97. The lowest BCUT2D eigenvalue weighted by Crippen LogP contribution is -2.35. The average Bonchev–Trinajstić information content (AvgIpc) is 2.68. The Morgan fingerprint density at radius 2 is 1.81 bits per heavy atom. The zero-order valence-electron chi connectivity index (χ0n) is 14.6. The van der Waals surface area contributed by atoms with Crippen LogP contribution < -0.4 is 9.47 Å².